The van der Waals surface area contributed by atoms with Crippen LogP contribution in [0.1, 0.15) is 122 Å². The van der Waals surface area contributed by atoms with E-state index in [1.54, 1.807) is 0 Å². The van der Waals surface area contributed by atoms with Crippen LogP contribution in [-0.2, 0) is 9.47 Å². The van der Waals surface area contributed by atoms with Crippen LogP contribution in [0.3, 0.4) is 0 Å². The SMILES string of the molecule is CCCCCCCC[C@H]1CC[C@H](C2CCC([C@H]3OC[C@H](CCCC(F)(F)F)CO3)CC2)CC1. The van der Waals surface area contributed by atoms with Gasteiger partial charge in [0.15, 0.2) is 6.29 Å². The first-order chi connectivity index (χ1) is 15.9. The third kappa shape index (κ3) is 10.1. The number of hydrogen-bond acceptors (Lipinski definition) is 2. The van der Waals surface area contributed by atoms with E-state index in [2.05, 4.69) is 6.92 Å². The molecule has 1 heterocycles. The average Bonchev–Trinajstić information content (AvgIpc) is 2.82. The van der Waals surface area contributed by atoms with Crippen molar-refractivity contribution in [2.75, 3.05) is 13.2 Å². The van der Waals surface area contributed by atoms with Gasteiger partial charge in [0, 0.05) is 18.3 Å². The Kier molecular flexibility index (Phi) is 11.8. The topological polar surface area (TPSA) is 18.5 Å². The number of ether oxygens (including phenoxy) is 2. The second-order valence-corrected chi connectivity index (χ2v) is 11.4. The molecule has 0 atom stereocenters. The van der Waals surface area contributed by atoms with E-state index in [0.29, 0.717) is 25.6 Å². The molecule has 0 aromatic rings. The van der Waals surface area contributed by atoms with E-state index in [1.807, 2.05) is 0 Å². The maximum absolute atomic E-state index is 12.3. The maximum Gasteiger partial charge on any atom is 0.389 e. The van der Waals surface area contributed by atoms with Crippen molar-refractivity contribution in [1.29, 1.82) is 0 Å². The minimum absolute atomic E-state index is 0.117. The van der Waals surface area contributed by atoms with Gasteiger partial charge < -0.3 is 9.47 Å². The van der Waals surface area contributed by atoms with Crippen molar-refractivity contribution < 1.29 is 22.6 Å². The molecule has 0 amide bonds. The van der Waals surface area contributed by atoms with Crippen molar-refractivity contribution in [3.8, 4) is 0 Å². The van der Waals surface area contributed by atoms with Gasteiger partial charge in [-0.3, -0.25) is 0 Å². The van der Waals surface area contributed by atoms with Crippen molar-refractivity contribution in [3.63, 3.8) is 0 Å². The van der Waals surface area contributed by atoms with Crippen molar-refractivity contribution in [2.45, 2.75) is 135 Å². The lowest BCUT2D eigenvalue weighted by Crippen LogP contribution is -2.39. The molecule has 0 N–H and O–H groups in total. The highest BCUT2D eigenvalue weighted by atomic mass is 19.4. The zero-order chi connectivity index (χ0) is 23.5. The Morgan fingerprint density at radius 3 is 1.73 bits per heavy atom. The molecule has 0 unspecified atom stereocenters. The van der Waals surface area contributed by atoms with Crippen LogP contribution in [0.5, 0.6) is 0 Å². The third-order valence-corrected chi connectivity index (χ3v) is 8.79. The van der Waals surface area contributed by atoms with E-state index in [4.69, 9.17) is 9.47 Å². The average molecular weight is 475 g/mol. The van der Waals surface area contributed by atoms with Crippen LogP contribution >= 0.6 is 0 Å². The fourth-order valence-electron chi connectivity index (χ4n) is 6.64. The van der Waals surface area contributed by atoms with Crippen LogP contribution < -0.4 is 0 Å². The van der Waals surface area contributed by atoms with Crippen molar-refractivity contribution in [1.82, 2.24) is 0 Å². The van der Waals surface area contributed by atoms with Gasteiger partial charge in [0.1, 0.15) is 0 Å². The van der Waals surface area contributed by atoms with E-state index in [9.17, 15) is 13.2 Å². The van der Waals surface area contributed by atoms with Crippen LogP contribution in [0.2, 0.25) is 0 Å². The van der Waals surface area contributed by atoms with Gasteiger partial charge in [-0.1, -0.05) is 64.7 Å². The first-order valence-electron chi connectivity index (χ1n) is 14.2. The lowest BCUT2D eigenvalue weighted by molar-refractivity contribution is -0.231. The molecular formula is C28H49F3O2. The second-order valence-electron chi connectivity index (χ2n) is 11.4. The van der Waals surface area contributed by atoms with Crippen LogP contribution in [0.4, 0.5) is 13.2 Å². The zero-order valence-corrected chi connectivity index (χ0v) is 21.1. The molecule has 0 radical (unpaired) electrons. The molecule has 194 valence electrons. The Morgan fingerprint density at radius 1 is 0.606 bits per heavy atom. The summed E-state index contributed by atoms with van der Waals surface area (Å²) in [6, 6.07) is 0. The highest BCUT2D eigenvalue weighted by molar-refractivity contribution is 4.83. The third-order valence-electron chi connectivity index (χ3n) is 8.79. The predicted molar refractivity (Wildman–Crippen MR) is 128 cm³/mol. The summed E-state index contributed by atoms with van der Waals surface area (Å²) in [5.74, 6) is 3.39. The smallest absolute Gasteiger partial charge is 0.352 e. The lowest BCUT2D eigenvalue weighted by Gasteiger charge is -2.41. The van der Waals surface area contributed by atoms with Gasteiger partial charge in [0.05, 0.1) is 13.2 Å². The van der Waals surface area contributed by atoms with E-state index in [0.717, 1.165) is 17.8 Å². The molecule has 3 rings (SSSR count). The Labute approximate surface area is 200 Å². The van der Waals surface area contributed by atoms with E-state index in [-0.39, 0.29) is 18.6 Å². The summed E-state index contributed by atoms with van der Waals surface area (Å²) >= 11 is 0. The Bertz CT molecular complexity index is 500. The molecule has 1 saturated heterocycles. The summed E-state index contributed by atoms with van der Waals surface area (Å²) in [5.41, 5.74) is 0. The largest absolute Gasteiger partial charge is 0.389 e. The molecule has 2 nitrogen and oxygen atoms in total. The number of unbranched alkanes of at least 4 members (excludes halogenated alkanes) is 5. The molecule has 2 aliphatic carbocycles. The monoisotopic (exact) mass is 474 g/mol. The summed E-state index contributed by atoms with van der Waals surface area (Å²) in [6.07, 6.45) is 16.5. The number of rotatable bonds is 12. The Morgan fingerprint density at radius 2 is 1.12 bits per heavy atom. The van der Waals surface area contributed by atoms with Gasteiger partial charge in [-0.15, -0.1) is 0 Å². The van der Waals surface area contributed by atoms with Crippen LogP contribution in [0.15, 0.2) is 0 Å². The van der Waals surface area contributed by atoms with E-state index >= 15 is 0 Å². The van der Waals surface area contributed by atoms with Crippen molar-refractivity contribution in [3.05, 3.63) is 0 Å². The quantitative estimate of drug-likeness (QED) is 0.263. The minimum atomic E-state index is -4.05. The molecule has 3 aliphatic rings. The number of hydrogen-bond donors (Lipinski definition) is 0. The summed E-state index contributed by atoms with van der Waals surface area (Å²) in [4.78, 5) is 0. The summed E-state index contributed by atoms with van der Waals surface area (Å²) < 4.78 is 48.9. The van der Waals surface area contributed by atoms with E-state index < -0.39 is 12.6 Å². The summed E-state index contributed by atoms with van der Waals surface area (Å²) in [7, 11) is 0. The lowest BCUT2D eigenvalue weighted by atomic mass is 9.68. The van der Waals surface area contributed by atoms with Gasteiger partial charge in [0.25, 0.3) is 0 Å². The van der Waals surface area contributed by atoms with E-state index in [1.165, 1.54) is 96.3 Å². The van der Waals surface area contributed by atoms with Crippen LogP contribution in [-0.4, -0.2) is 25.7 Å². The number of halogens is 3. The maximum atomic E-state index is 12.3. The summed E-state index contributed by atoms with van der Waals surface area (Å²) in [6.45, 7) is 3.41. The summed E-state index contributed by atoms with van der Waals surface area (Å²) in [5, 5.41) is 0. The predicted octanol–water partition coefficient (Wildman–Crippen LogP) is 9.07. The first kappa shape index (κ1) is 27.3. The van der Waals surface area contributed by atoms with Crippen LogP contribution in [0.25, 0.3) is 0 Å². The zero-order valence-electron chi connectivity index (χ0n) is 21.1. The molecule has 1 aliphatic heterocycles. The molecule has 3 fully saturated rings. The normalized spacial score (nSPS) is 33.8. The second kappa shape index (κ2) is 14.3. The molecule has 0 bridgehead atoms. The molecule has 0 spiro atoms. The van der Waals surface area contributed by atoms with Gasteiger partial charge >= 0.3 is 6.18 Å². The standard InChI is InChI=1S/C28H49F3O2/c1-2-3-4-5-6-7-9-22-11-13-24(14-12-22)25-15-17-26(18-16-25)27-32-20-23(21-33-27)10-8-19-28(29,30)31/h22-27H,2-21H2,1H3/t22-,23-,24-,25?,26?,27-. The van der Waals surface area contributed by atoms with Crippen LogP contribution in [0, 0.1) is 29.6 Å². The minimum Gasteiger partial charge on any atom is -0.352 e. The molecule has 0 aromatic heterocycles. The Hall–Kier alpha value is -0.290. The molecule has 2 saturated carbocycles. The molecular weight excluding hydrogens is 425 g/mol. The van der Waals surface area contributed by atoms with Gasteiger partial charge in [-0.25, -0.2) is 0 Å². The fraction of sp³-hybridized carbons (Fsp3) is 1.00. The van der Waals surface area contributed by atoms with Gasteiger partial charge in [-0.05, 0) is 69.1 Å². The molecule has 33 heavy (non-hydrogen) atoms. The molecule has 0 aromatic carbocycles. The van der Waals surface area contributed by atoms with Gasteiger partial charge in [0.2, 0.25) is 0 Å². The van der Waals surface area contributed by atoms with Crippen molar-refractivity contribution in [2.24, 2.45) is 29.6 Å². The van der Waals surface area contributed by atoms with Crippen molar-refractivity contribution >= 4 is 0 Å². The van der Waals surface area contributed by atoms with Gasteiger partial charge in [-0.2, -0.15) is 13.2 Å². The first-order valence-corrected chi connectivity index (χ1v) is 14.2. The Balaban J connectivity index is 1.24. The molecule has 5 heteroatoms. The highest BCUT2D eigenvalue weighted by Crippen LogP contribution is 2.43. The number of alkyl halides is 3. The highest BCUT2D eigenvalue weighted by Gasteiger charge is 2.36. The fourth-order valence-corrected chi connectivity index (χ4v) is 6.64.